The topological polar surface area (TPSA) is 169 Å². The van der Waals surface area contributed by atoms with Crippen LogP contribution in [0.15, 0.2) is 0 Å². The Kier molecular flexibility index (Phi) is 5.48. The van der Waals surface area contributed by atoms with Gasteiger partial charge >= 0.3 is 0 Å². The van der Waals surface area contributed by atoms with Gasteiger partial charge in [-0.3, -0.25) is 0 Å². The quantitative estimate of drug-likeness (QED) is 0.268. The van der Waals surface area contributed by atoms with E-state index in [0.717, 1.165) is 0 Å². The highest BCUT2D eigenvalue weighted by atomic mass is 16.7. The van der Waals surface area contributed by atoms with Gasteiger partial charge in [0.05, 0.1) is 13.2 Å². The molecule has 21 heavy (non-hydrogen) atoms. The van der Waals surface area contributed by atoms with Crippen molar-refractivity contribution in [1.82, 2.24) is 0 Å². The molecule has 10 heteroatoms. The first kappa shape index (κ1) is 17.0. The van der Waals surface area contributed by atoms with Crippen LogP contribution in [0.4, 0.5) is 0 Å². The van der Waals surface area contributed by atoms with Gasteiger partial charge in [0, 0.05) is 0 Å². The summed E-state index contributed by atoms with van der Waals surface area (Å²) in [5.74, 6) is 0. The van der Waals surface area contributed by atoms with Crippen molar-refractivity contribution in [2.24, 2.45) is 0 Å². The summed E-state index contributed by atoms with van der Waals surface area (Å²) in [7, 11) is 0. The van der Waals surface area contributed by atoms with Crippen molar-refractivity contribution in [3.05, 3.63) is 0 Å². The summed E-state index contributed by atoms with van der Waals surface area (Å²) in [6.45, 7) is -0.899. The second kappa shape index (κ2) is 6.79. The minimum atomic E-state index is -1.63. The predicted molar refractivity (Wildman–Crippen MR) is 62.6 cm³/mol. The van der Waals surface area contributed by atoms with Crippen LogP contribution in [0.3, 0.4) is 0 Å². The molecule has 2 saturated heterocycles. The highest BCUT2D eigenvalue weighted by Crippen LogP contribution is 2.25. The fourth-order valence-electron chi connectivity index (χ4n) is 2.25. The van der Waals surface area contributed by atoms with Crippen molar-refractivity contribution in [1.29, 1.82) is 0 Å². The molecule has 0 bridgehead atoms. The number of aliphatic hydroxyl groups is 7. The van der Waals surface area contributed by atoms with Crippen LogP contribution < -0.4 is 0 Å². The minimum Gasteiger partial charge on any atom is -0.394 e. The molecular weight excluding hydrogens is 292 g/mol. The molecule has 10 nitrogen and oxygen atoms in total. The minimum absolute atomic E-state index is 0.283. The number of ether oxygens (including phenoxy) is 3. The smallest absolute Gasteiger partial charge is 0.187 e. The van der Waals surface area contributed by atoms with Crippen molar-refractivity contribution >= 4 is 0 Å². The Morgan fingerprint density at radius 2 is 1.52 bits per heavy atom. The lowest BCUT2D eigenvalue weighted by Crippen LogP contribution is -2.62. The Balaban J connectivity index is 2.01. The van der Waals surface area contributed by atoms with Crippen molar-refractivity contribution in [2.45, 2.75) is 55.3 Å². The maximum absolute atomic E-state index is 9.78. The van der Waals surface area contributed by atoms with Gasteiger partial charge in [0.1, 0.15) is 42.7 Å². The van der Waals surface area contributed by atoms with E-state index in [1.807, 2.05) is 0 Å². The van der Waals surface area contributed by atoms with E-state index >= 15 is 0 Å². The molecule has 0 spiro atoms. The lowest BCUT2D eigenvalue weighted by atomic mass is 9.99. The molecule has 0 radical (unpaired) electrons. The van der Waals surface area contributed by atoms with Crippen LogP contribution in [0.5, 0.6) is 0 Å². The van der Waals surface area contributed by atoms with Crippen molar-refractivity contribution in [3.63, 3.8) is 0 Å². The SMILES string of the molecule is OC[C@H]1O[C@@H](O[C@@H]2CO[C@@H](O)[C@H](O)[C@H]2O)[C@@H](O)[C@@H](O)[C@@H]1O. The molecule has 7 N–H and O–H groups in total. The zero-order valence-electron chi connectivity index (χ0n) is 11.0. The van der Waals surface area contributed by atoms with E-state index in [2.05, 4.69) is 0 Å². The van der Waals surface area contributed by atoms with Crippen LogP contribution in [0.1, 0.15) is 0 Å². The maximum Gasteiger partial charge on any atom is 0.187 e. The van der Waals surface area contributed by atoms with Crippen LogP contribution >= 0.6 is 0 Å². The molecule has 2 heterocycles. The van der Waals surface area contributed by atoms with Crippen molar-refractivity contribution in [3.8, 4) is 0 Å². The molecular formula is C11H20O10. The summed E-state index contributed by atoms with van der Waals surface area (Å²) in [5.41, 5.74) is 0. The Labute approximate surface area is 119 Å². The fourth-order valence-corrected chi connectivity index (χ4v) is 2.25. The Hall–Kier alpha value is -0.400. The number of hydrogen-bond donors (Lipinski definition) is 7. The first-order valence-corrected chi connectivity index (χ1v) is 6.48. The number of aliphatic hydroxyl groups excluding tert-OH is 7. The van der Waals surface area contributed by atoms with Crippen LogP contribution in [0, 0.1) is 0 Å². The zero-order valence-corrected chi connectivity index (χ0v) is 11.0. The third-order valence-corrected chi connectivity index (χ3v) is 3.61. The normalized spacial score (nSPS) is 51.9. The molecule has 2 fully saturated rings. The van der Waals surface area contributed by atoms with Crippen LogP contribution in [0.25, 0.3) is 0 Å². The molecule has 124 valence electrons. The highest BCUT2D eigenvalue weighted by Gasteiger charge is 2.47. The summed E-state index contributed by atoms with van der Waals surface area (Å²) in [6.07, 6.45) is -13.2. The first-order chi connectivity index (χ1) is 9.86. The zero-order chi connectivity index (χ0) is 15.7. The highest BCUT2D eigenvalue weighted by molar-refractivity contribution is 4.91. The molecule has 0 saturated carbocycles. The van der Waals surface area contributed by atoms with Gasteiger partial charge in [-0.15, -0.1) is 0 Å². The molecule has 0 amide bonds. The average molecular weight is 312 g/mol. The van der Waals surface area contributed by atoms with Crippen LogP contribution in [-0.2, 0) is 14.2 Å². The van der Waals surface area contributed by atoms with Crippen LogP contribution in [-0.4, -0.2) is 104 Å². The predicted octanol–water partition coefficient (Wildman–Crippen LogP) is -4.76. The molecule has 2 rings (SSSR count). The number of rotatable bonds is 3. The summed E-state index contributed by atoms with van der Waals surface area (Å²) >= 11 is 0. The molecule has 9 atom stereocenters. The molecule has 0 aromatic rings. The van der Waals surface area contributed by atoms with E-state index in [1.165, 1.54) is 0 Å². The lowest BCUT2D eigenvalue weighted by molar-refractivity contribution is -0.340. The second-order valence-corrected chi connectivity index (χ2v) is 5.08. The van der Waals surface area contributed by atoms with Gasteiger partial charge in [0.15, 0.2) is 12.6 Å². The molecule has 0 unspecified atom stereocenters. The van der Waals surface area contributed by atoms with Gasteiger partial charge < -0.3 is 50.0 Å². The summed E-state index contributed by atoms with van der Waals surface area (Å²) in [5, 5.41) is 66.5. The summed E-state index contributed by atoms with van der Waals surface area (Å²) < 4.78 is 15.1. The van der Waals surface area contributed by atoms with E-state index in [0.29, 0.717) is 0 Å². The maximum atomic E-state index is 9.78. The van der Waals surface area contributed by atoms with Crippen LogP contribution in [0.2, 0.25) is 0 Å². The largest absolute Gasteiger partial charge is 0.394 e. The molecule has 0 aliphatic carbocycles. The van der Waals surface area contributed by atoms with Crippen molar-refractivity contribution in [2.75, 3.05) is 13.2 Å². The summed E-state index contributed by atoms with van der Waals surface area (Å²) in [4.78, 5) is 0. The number of hydrogen-bond acceptors (Lipinski definition) is 10. The third-order valence-electron chi connectivity index (χ3n) is 3.61. The Morgan fingerprint density at radius 1 is 0.857 bits per heavy atom. The first-order valence-electron chi connectivity index (χ1n) is 6.48. The fraction of sp³-hybridized carbons (Fsp3) is 1.00. The lowest BCUT2D eigenvalue weighted by Gasteiger charge is -2.43. The third kappa shape index (κ3) is 3.35. The standard InChI is InChI=1S/C11H20O10/c12-1-3-5(13)7(15)9(17)11(20-3)21-4-2-19-10(18)8(16)6(4)14/h3-18H,1-2H2/t3-,4-,5-,6+,7+,8-,9+,10-,11+/m1/s1. The van der Waals surface area contributed by atoms with Gasteiger partial charge in [-0.25, -0.2) is 0 Å². The van der Waals surface area contributed by atoms with Gasteiger partial charge in [0.2, 0.25) is 0 Å². The van der Waals surface area contributed by atoms with Gasteiger partial charge in [-0.2, -0.15) is 0 Å². The van der Waals surface area contributed by atoms with E-state index in [4.69, 9.17) is 19.3 Å². The van der Waals surface area contributed by atoms with E-state index < -0.39 is 61.9 Å². The van der Waals surface area contributed by atoms with Gasteiger partial charge in [-0.05, 0) is 0 Å². The summed E-state index contributed by atoms with van der Waals surface area (Å²) in [6, 6.07) is 0. The van der Waals surface area contributed by atoms with Gasteiger partial charge in [-0.1, -0.05) is 0 Å². The average Bonchev–Trinajstić information content (AvgIpc) is 2.48. The van der Waals surface area contributed by atoms with E-state index in [1.54, 1.807) is 0 Å². The monoisotopic (exact) mass is 312 g/mol. The Bertz CT molecular complexity index is 339. The molecule has 0 aromatic heterocycles. The van der Waals surface area contributed by atoms with Crippen molar-refractivity contribution < 1.29 is 50.0 Å². The molecule has 0 aromatic carbocycles. The van der Waals surface area contributed by atoms with E-state index in [-0.39, 0.29) is 6.61 Å². The molecule has 2 aliphatic rings. The van der Waals surface area contributed by atoms with E-state index in [9.17, 15) is 30.6 Å². The van der Waals surface area contributed by atoms with Gasteiger partial charge in [0.25, 0.3) is 0 Å². The second-order valence-electron chi connectivity index (χ2n) is 5.08. The molecule has 2 aliphatic heterocycles. The Morgan fingerprint density at radius 3 is 2.14 bits per heavy atom.